The van der Waals surface area contributed by atoms with Crippen LogP contribution in [0.4, 0.5) is 4.79 Å². The molecule has 0 spiro atoms. The number of carbonyl (C=O) groups is 1. The number of nitrogens with one attached hydrogen (secondary N) is 1. The number of ether oxygens (including phenoxy) is 1. The van der Waals surface area contributed by atoms with Gasteiger partial charge in [0.15, 0.2) is 0 Å². The average molecular weight is 272 g/mol. The molecule has 0 bridgehead atoms. The molecule has 1 atom stereocenters. The summed E-state index contributed by atoms with van der Waals surface area (Å²) in [6.07, 6.45) is 0.223. The smallest absolute Gasteiger partial charge is 0.407 e. The summed E-state index contributed by atoms with van der Waals surface area (Å²) in [5, 5.41) is 12.3. The summed E-state index contributed by atoms with van der Waals surface area (Å²) in [5.41, 5.74) is 0.709. The van der Waals surface area contributed by atoms with Crippen molar-refractivity contribution in [2.24, 2.45) is 0 Å². The van der Waals surface area contributed by atoms with Gasteiger partial charge < -0.3 is 15.2 Å². The van der Waals surface area contributed by atoms with Crippen LogP contribution < -0.4 is 5.32 Å². The van der Waals surface area contributed by atoms with Crippen molar-refractivity contribution in [2.75, 3.05) is 6.61 Å². The predicted octanol–water partition coefficient (Wildman–Crippen LogP) is 2.33. The van der Waals surface area contributed by atoms with E-state index in [2.05, 4.69) is 21.2 Å². The summed E-state index contributed by atoms with van der Waals surface area (Å²) in [4.78, 5) is 11.0. The fraction of sp³-hybridized carbons (Fsp3) is 0.300. The fourth-order valence-corrected chi connectivity index (χ4v) is 1.94. The molecule has 4 nitrogen and oxygen atoms in total. The first-order chi connectivity index (χ1) is 7.16. The lowest BCUT2D eigenvalue weighted by molar-refractivity contribution is 0.115. The number of hydrogen-bond donors (Lipinski definition) is 2. The Hall–Kier alpha value is -1.23. The summed E-state index contributed by atoms with van der Waals surface area (Å²) in [7, 11) is 0. The maximum absolute atomic E-state index is 11.0. The molecule has 1 heterocycles. The van der Waals surface area contributed by atoms with E-state index in [1.165, 1.54) is 0 Å². The molecule has 0 aromatic heterocycles. The second kappa shape index (κ2) is 4.10. The largest absolute Gasteiger partial charge is 0.508 e. The Balaban J connectivity index is 2.27. The van der Waals surface area contributed by atoms with Crippen molar-refractivity contribution in [1.29, 1.82) is 0 Å². The molecule has 1 aliphatic rings. The second-order valence-corrected chi connectivity index (χ2v) is 4.24. The molecule has 2 rings (SSSR count). The number of carbonyl (C=O) groups excluding carboxylic acids is 1. The first kappa shape index (κ1) is 10.3. The van der Waals surface area contributed by atoms with E-state index in [-0.39, 0.29) is 11.8 Å². The lowest BCUT2D eigenvalue weighted by atomic mass is 10.0. The minimum atomic E-state index is -0.439. The molecule has 1 saturated heterocycles. The van der Waals surface area contributed by atoms with Crippen molar-refractivity contribution in [3.05, 3.63) is 28.2 Å². The summed E-state index contributed by atoms with van der Waals surface area (Å²) in [6.45, 7) is 0.377. The topological polar surface area (TPSA) is 58.6 Å². The first-order valence-corrected chi connectivity index (χ1v) is 5.38. The van der Waals surface area contributed by atoms with Crippen LogP contribution >= 0.6 is 15.9 Å². The number of aromatic hydroxyl groups is 1. The van der Waals surface area contributed by atoms with E-state index >= 15 is 0 Å². The number of hydrogen-bond acceptors (Lipinski definition) is 3. The number of benzene rings is 1. The fourth-order valence-electron chi connectivity index (χ4n) is 1.56. The molecule has 1 fully saturated rings. The predicted molar refractivity (Wildman–Crippen MR) is 57.6 cm³/mol. The van der Waals surface area contributed by atoms with Crippen molar-refractivity contribution >= 4 is 22.0 Å². The Morgan fingerprint density at radius 2 is 2.33 bits per heavy atom. The van der Waals surface area contributed by atoms with Crippen molar-refractivity contribution in [2.45, 2.75) is 12.5 Å². The van der Waals surface area contributed by atoms with Gasteiger partial charge in [0.25, 0.3) is 0 Å². The molecule has 1 aromatic carbocycles. The average Bonchev–Trinajstić information content (AvgIpc) is 2.22. The van der Waals surface area contributed by atoms with E-state index in [9.17, 15) is 9.90 Å². The minimum Gasteiger partial charge on any atom is -0.508 e. The van der Waals surface area contributed by atoms with Gasteiger partial charge in [-0.15, -0.1) is 0 Å². The van der Waals surface area contributed by atoms with E-state index in [1.807, 2.05) is 0 Å². The van der Waals surface area contributed by atoms with Crippen LogP contribution in [0, 0.1) is 0 Å². The normalized spacial score (nSPS) is 20.6. The number of phenols is 1. The molecule has 2 N–H and O–H groups in total. The molecule has 0 unspecified atom stereocenters. The molecule has 1 aromatic rings. The van der Waals surface area contributed by atoms with E-state index in [0.29, 0.717) is 18.6 Å². The number of rotatable bonds is 1. The van der Waals surface area contributed by atoms with Gasteiger partial charge in [0.2, 0.25) is 0 Å². The van der Waals surface area contributed by atoms with Crippen LogP contribution in [0.3, 0.4) is 0 Å². The summed E-state index contributed by atoms with van der Waals surface area (Å²) in [6, 6.07) is 4.97. The molecule has 0 saturated carbocycles. The number of cyclic esters (lactones) is 1. The highest BCUT2D eigenvalue weighted by atomic mass is 79.9. The summed E-state index contributed by atoms with van der Waals surface area (Å²) >= 11 is 3.32. The van der Waals surface area contributed by atoms with Crippen molar-refractivity contribution in [3.8, 4) is 5.75 Å². The minimum absolute atomic E-state index is 0.177. The number of phenolic OH excluding ortho intramolecular Hbond substituents is 1. The van der Waals surface area contributed by atoms with E-state index in [0.717, 1.165) is 4.47 Å². The lowest BCUT2D eigenvalue weighted by Gasteiger charge is -2.24. The highest BCUT2D eigenvalue weighted by molar-refractivity contribution is 9.10. The summed E-state index contributed by atoms with van der Waals surface area (Å²) in [5.74, 6) is 0.186. The van der Waals surface area contributed by atoms with Crippen molar-refractivity contribution < 1.29 is 14.6 Å². The second-order valence-electron chi connectivity index (χ2n) is 3.32. The lowest BCUT2D eigenvalue weighted by Crippen LogP contribution is -2.35. The summed E-state index contributed by atoms with van der Waals surface area (Å²) < 4.78 is 5.63. The van der Waals surface area contributed by atoms with Gasteiger partial charge in [-0.2, -0.15) is 0 Å². The monoisotopic (exact) mass is 271 g/mol. The zero-order valence-corrected chi connectivity index (χ0v) is 9.45. The maximum atomic E-state index is 11.0. The van der Waals surface area contributed by atoms with Gasteiger partial charge in [-0.25, -0.2) is 4.79 Å². The molecular weight excluding hydrogens is 262 g/mol. The van der Waals surface area contributed by atoms with Crippen molar-refractivity contribution in [3.63, 3.8) is 0 Å². The third-order valence-electron chi connectivity index (χ3n) is 2.30. The van der Waals surface area contributed by atoms with Crippen LogP contribution in [0.25, 0.3) is 0 Å². The van der Waals surface area contributed by atoms with Crippen LogP contribution in [0.5, 0.6) is 5.75 Å². The molecular formula is C10H10BrNO3. The molecule has 1 amide bonds. The Morgan fingerprint density at radius 1 is 1.53 bits per heavy atom. The van der Waals surface area contributed by atoms with Gasteiger partial charge in [-0.3, -0.25) is 0 Å². The quantitative estimate of drug-likeness (QED) is 0.824. The van der Waals surface area contributed by atoms with Gasteiger partial charge in [-0.05, 0) is 18.2 Å². The first-order valence-electron chi connectivity index (χ1n) is 4.58. The molecule has 80 valence electrons. The molecule has 15 heavy (non-hydrogen) atoms. The Kier molecular flexibility index (Phi) is 2.81. The van der Waals surface area contributed by atoms with Crippen LogP contribution in [-0.2, 0) is 4.74 Å². The third kappa shape index (κ3) is 2.23. The molecule has 0 radical (unpaired) electrons. The van der Waals surface area contributed by atoms with Gasteiger partial charge in [0.05, 0.1) is 12.6 Å². The standard InChI is InChI=1S/C10H10BrNO3/c11-6-1-2-9(13)7(5-6)8-3-4-15-10(14)12-8/h1-2,5,8,13H,3-4H2,(H,12,14)/t8-/m1/s1. The van der Waals surface area contributed by atoms with E-state index in [1.54, 1.807) is 18.2 Å². The van der Waals surface area contributed by atoms with Crippen LogP contribution in [0.1, 0.15) is 18.0 Å². The highest BCUT2D eigenvalue weighted by Gasteiger charge is 2.23. The molecule has 5 heteroatoms. The Bertz CT molecular complexity index is 394. The maximum Gasteiger partial charge on any atom is 0.407 e. The Morgan fingerprint density at radius 3 is 3.07 bits per heavy atom. The zero-order valence-electron chi connectivity index (χ0n) is 7.87. The SMILES string of the molecule is O=C1N[C@@H](c2cc(Br)ccc2O)CCO1. The highest BCUT2D eigenvalue weighted by Crippen LogP contribution is 2.30. The zero-order chi connectivity index (χ0) is 10.8. The van der Waals surface area contributed by atoms with Gasteiger partial charge in [0, 0.05) is 16.5 Å². The van der Waals surface area contributed by atoms with Crippen LogP contribution in [-0.4, -0.2) is 17.8 Å². The van der Waals surface area contributed by atoms with E-state index < -0.39 is 6.09 Å². The third-order valence-corrected chi connectivity index (χ3v) is 2.79. The number of alkyl carbamates (subject to hydrolysis) is 1. The number of halogens is 1. The van der Waals surface area contributed by atoms with Crippen LogP contribution in [0.15, 0.2) is 22.7 Å². The van der Waals surface area contributed by atoms with Crippen LogP contribution in [0.2, 0.25) is 0 Å². The van der Waals surface area contributed by atoms with Crippen molar-refractivity contribution in [1.82, 2.24) is 5.32 Å². The van der Waals surface area contributed by atoms with Gasteiger partial charge in [0.1, 0.15) is 5.75 Å². The molecule has 1 aliphatic heterocycles. The van der Waals surface area contributed by atoms with Gasteiger partial charge >= 0.3 is 6.09 Å². The number of amides is 1. The van der Waals surface area contributed by atoms with Gasteiger partial charge in [-0.1, -0.05) is 15.9 Å². The molecule has 0 aliphatic carbocycles. The van der Waals surface area contributed by atoms with E-state index in [4.69, 9.17) is 4.74 Å². The Labute approximate surface area is 95.4 Å².